The van der Waals surface area contributed by atoms with Crippen LogP contribution >= 0.6 is 15.9 Å². The zero-order valence-corrected chi connectivity index (χ0v) is 12.9. The number of halogens is 1. The Morgan fingerprint density at radius 2 is 2.00 bits per heavy atom. The van der Waals surface area contributed by atoms with Crippen molar-refractivity contribution in [2.75, 3.05) is 12.4 Å². The Kier molecular flexibility index (Phi) is 4.02. The van der Waals surface area contributed by atoms with Crippen LogP contribution in [-0.4, -0.2) is 38.5 Å². The minimum atomic E-state index is -0.216. The maximum Gasteiger partial charge on any atom is 0.257 e. The van der Waals surface area contributed by atoms with E-state index in [0.717, 1.165) is 16.7 Å². The van der Waals surface area contributed by atoms with E-state index in [0.29, 0.717) is 5.56 Å². The number of hydrogen-bond donors (Lipinski definition) is 0. The van der Waals surface area contributed by atoms with Crippen LogP contribution in [-0.2, 0) is 7.05 Å². The molecular formula is C12H20BrN3O. The SMILES string of the molecule is Cc1nn(C)c(C)c1C(=O)N(C)C(C)(C)CBr. The number of rotatable bonds is 3. The lowest BCUT2D eigenvalue weighted by Gasteiger charge is -2.34. The quantitative estimate of drug-likeness (QED) is 0.804. The van der Waals surface area contributed by atoms with E-state index in [1.54, 1.807) is 9.58 Å². The first kappa shape index (κ1) is 14.2. The summed E-state index contributed by atoms with van der Waals surface area (Å²) in [7, 11) is 3.68. The lowest BCUT2D eigenvalue weighted by atomic mass is 10.0. The predicted octanol–water partition coefficient (Wildman–Crippen LogP) is 2.28. The fourth-order valence-electron chi connectivity index (χ4n) is 1.62. The predicted molar refractivity (Wildman–Crippen MR) is 72.6 cm³/mol. The van der Waals surface area contributed by atoms with Crippen LogP contribution in [0.4, 0.5) is 0 Å². The molecule has 1 heterocycles. The van der Waals surface area contributed by atoms with Crippen LogP contribution in [0.5, 0.6) is 0 Å². The van der Waals surface area contributed by atoms with Gasteiger partial charge in [-0.05, 0) is 27.7 Å². The molecule has 1 aromatic heterocycles. The Morgan fingerprint density at radius 3 is 2.35 bits per heavy atom. The molecular weight excluding hydrogens is 282 g/mol. The highest BCUT2D eigenvalue weighted by Crippen LogP contribution is 2.21. The molecule has 4 nitrogen and oxygen atoms in total. The van der Waals surface area contributed by atoms with E-state index in [1.165, 1.54) is 0 Å². The number of amides is 1. The van der Waals surface area contributed by atoms with Gasteiger partial charge in [0.1, 0.15) is 0 Å². The van der Waals surface area contributed by atoms with Crippen molar-refractivity contribution < 1.29 is 4.79 Å². The van der Waals surface area contributed by atoms with Crippen LogP contribution in [0.3, 0.4) is 0 Å². The van der Waals surface area contributed by atoms with E-state index >= 15 is 0 Å². The van der Waals surface area contributed by atoms with Gasteiger partial charge >= 0.3 is 0 Å². The van der Waals surface area contributed by atoms with Gasteiger partial charge < -0.3 is 4.90 Å². The molecule has 1 rings (SSSR count). The van der Waals surface area contributed by atoms with Crippen LogP contribution < -0.4 is 0 Å². The fraction of sp³-hybridized carbons (Fsp3) is 0.667. The van der Waals surface area contributed by atoms with Crippen LogP contribution in [0.15, 0.2) is 0 Å². The third-order valence-corrected chi connectivity index (χ3v) is 4.63. The molecule has 0 radical (unpaired) electrons. The van der Waals surface area contributed by atoms with E-state index in [1.807, 2.05) is 41.8 Å². The van der Waals surface area contributed by atoms with E-state index in [4.69, 9.17) is 0 Å². The van der Waals surface area contributed by atoms with Crippen molar-refractivity contribution in [1.29, 1.82) is 0 Å². The summed E-state index contributed by atoms with van der Waals surface area (Å²) in [6, 6.07) is 0. The van der Waals surface area contributed by atoms with Crippen LogP contribution in [0.1, 0.15) is 35.6 Å². The number of nitrogens with zero attached hydrogens (tertiary/aromatic N) is 3. The van der Waals surface area contributed by atoms with Gasteiger partial charge in [0.2, 0.25) is 0 Å². The highest BCUT2D eigenvalue weighted by molar-refractivity contribution is 9.09. The average molecular weight is 302 g/mol. The van der Waals surface area contributed by atoms with E-state index in [9.17, 15) is 4.79 Å². The van der Waals surface area contributed by atoms with Crippen LogP contribution in [0, 0.1) is 13.8 Å². The van der Waals surface area contributed by atoms with Gasteiger partial charge in [-0.1, -0.05) is 15.9 Å². The number of aryl methyl sites for hydroxylation is 2. The number of alkyl halides is 1. The monoisotopic (exact) mass is 301 g/mol. The van der Waals surface area contributed by atoms with Crippen molar-refractivity contribution in [3.05, 3.63) is 17.0 Å². The van der Waals surface area contributed by atoms with Gasteiger partial charge in [-0.3, -0.25) is 9.48 Å². The molecule has 0 N–H and O–H groups in total. The summed E-state index contributed by atoms with van der Waals surface area (Å²) in [5.41, 5.74) is 2.19. The fourth-order valence-corrected chi connectivity index (χ4v) is 1.99. The molecule has 0 saturated carbocycles. The molecule has 0 saturated heterocycles. The first-order chi connectivity index (χ1) is 7.72. The largest absolute Gasteiger partial charge is 0.336 e. The van der Waals surface area contributed by atoms with Gasteiger partial charge in [0.15, 0.2) is 0 Å². The summed E-state index contributed by atoms with van der Waals surface area (Å²) in [5, 5.41) is 5.02. The molecule has 0 bridgehead atoms. The Labute approximate surface area is 111 Å². The van der Waals surface area contributed by atoms with Crippen LogP contribution in [0.2, 0.25) is 0 Å². The first-order valence-corrected chi connectivity index (χ1v) is 6.69. The summed E-state index contributed by atoms with van der Waals surface area (Å²) in [6.07, 6.45) is 0. The zero-order valence-electron chi connectivity index (χ0n) is 11.3. The number of carbonyl (C=O) groups excluding carboxylic acids is 1. The Morgan fingerprint density at radius 1 is 1.47 bits per heavy atom. The van der Waals surface area contributed by atoms with Gasteiger partial charge in [-0.15, -0.1) is 0 Å². The van der Waals surface area contributed by atoms with Gasteiger partial charge in [-0.25, -0.2) is 0 Å². The van der Waals surface area contributed by atoms with E-state index < -0.39 is 0 Å². The van der Waals surface area contributed by atoms with Gasteiger partial charge in [0.25, 0.3) is 5.91 Å². The molecule has 0 aliphatic carbocycles. The summed E-state index contributed by atoms with van der Waals surface area (Å²) in [5.74, 6) is 0.0255. The second-order valence-corrected chi connectivity index (χ2v) is 5.54. The lowest BCUT2D eigenvalue weighted by Crippen LogP contribution is -2.46. The molecule has 1 amide bonds. The van der Waals surface area contributed by atoms with Crippen molar-refractivity contribution in [3.63, 3.8) is 0 Å². The van der Waals surface area contributed by atoms with Crippen molar-refractivity contribution in [2.24, 2.45) is 7.05 Å². The molecule has 0 aliphatic rings. The minimum absolute atomic E-state index is 0.0255. The molecule has 96 valence electrons. The smallest absolute Gasteiger partial charge is 0.257 e. The van der Waals surface area contributed by atoms with E-state index in [-0.39, 0.29) is 11.4 Å². The second-order valence-electron chi connectivity index (χ2n) is 4.98. The highest BCUT2D eigenvalue weighted by atomic mass is 79.9. The average Bonchev–Trinajstić information content (AvgIpc) is 2.51. The maximum atomic E-state index is 12.5. The lowest BCUT2D eigenvalue weighted by molar-refractivity contribution is 0.0662. The minimum Gasteiger partial charge on any atom is -0.336 e. The maximum absolute atomic E-state index is 12.5. The van der Waals surface area contributed by atoms with Gasteiger partial charge in [-0.2, -0.15) is 5.10 Å². The van der Waals surface area contributed by atoms with Gasteiger partial charge in [0, 0.05) is 30.7 Å². The topological polar surface area (TPSA) is 38.1 Å². The molecule has 0 unspecified atom stereocenters. The zero-order chi connectivity index (χ0) is 13.4. The number of hydrogen-bond acceptors (Lipinski definition) is 2. The summed E-state index contributed by atoms with van der Waals surface area (Å²) in [4.78, 5) is 14.2. The molecule has 0 atom stereocenters. The van der Waals surface area contributed by atoms with Crippen molar-refractivity contribution in [2.45, 2.75) is 33.2 Å². The highest BCUT2D eigenvalue weighted by Gasteiger charge is 2.30. The molecule has 17 heavy (non-hydrogen) atoms. The third kappa shape index (κ3) is 2.54. The van der Waals surface area contributed by atoms with Crippen LogP contribution in [0.25, 0.3) is 0 Å². The third-order valence-electron chi connectivity index (χ3n) is 3.26. The summed E-state index contributed by atoms with van der Waals surface area (Å²) >= 11 is 3.44. The molecule has 5 heteroatoms. The number of carbonyl (C=O) groups is 1. The second kappa shape index (κ2) is 4.80. The van der Waals surface area contributed by atoms with Crippen molar-refractivity contribution in [3.8, 4) is 0 Å². The van der Waals surface area contributed by atoms with Crippen molar-refractivity contribution in [1.82, 2.24) is 14.7 Å². The molecule has 0 aromatic carbocycles. The molecule has 0 spiro atoms. The Hall–Kier alpha value is -0.840. The van der Waals surface area contributed by atoms with Gasteiger partial charge in [0.05, 0.1) is 11.3 Å². The molecule has 0 aliphatic heterocycles. The Balaban J connectivity index is 3.13. The van der Waals surface area contributed by atoms with Crippen molar-refractivity contribution >= 4 is 21.8 Å². The molecule has 0 fully saturated rings. The summed E-state index contributed by atoms with van der Waals surface area (Å²) < 4.78 is 1.75. The molecule has 1 aromatic rings. The normalized spacial score (nSPS) is 11.7. The standard InChI is InChI=1S/C12H20BrN3O/c1-8-10(9(2)16(6)14-8)11(17)15(5)12(3,4)7-13/h7H2,1-6H3. The summed E-state index contributed by atoms with van der Waals surface area (Å²) in [6.45, 7) is 7.85. The first-order valence-electron chi connectivity index (χ1n) is 5.56. The Bertz CT molecular complexity index is 437. The number of aromatic nitrogens is 2. The van der Waals surface area contributed by atoms with E-state index in [2.05, 4.69) is 21.0 Å².